The van der Waals surface area contributed by atoms with Crippen molar-refractivity contribution in [2.45, 2.75) is 6.92 Å². The van der Waals surface area contributed by atoms with E-state index in [9.17, 15) is 9.59 Å². The molecule has 0 spiro atoms. The predicted octanol–water partition coefficient (Wildman–Crippen LogP) is 2.37. The van der Waals surface area contributed by atoms with Gasteiger partial charge in [-0.25, -0.2) is 0 Å². The molecule has 8 heteroatoms. The normalized spacial score (nSPS) is 12.4. The number of fused-ring (bicyclic) bond motifs is 1. The Morgan fingerprint density at radius 2 is 1.62 bits per heavy atom. The molecule has 0 aliphatic carbocycles. The molecule has 2 aromatic carbocycles. The molecule has 154 valence electrons. The van der Waals surface area contributed by atoms with Crippen LogP contribution in [0.3, 0.4) is 0 Å². The van der Waals surface area contributed by atoms with Gasteiger partial charge in [-0.05, 0) is 30.8 Å². The van der Waals surface area contributed by atoms with Crippen LogP contribution in [0.15, 0.2) is 42.5 Å². The molecule has 8 nitrogen and oxygen atoms in total. The summed E-state index contributed by atoms with van der Waals surface area (Å²) in [6.45, 7) is 3.65. The van der Waals surface area contributed by atoms with Gasteiger partial charge in [0.05, 0.1) is 20.2 Å². The molecule has 0 saturated carbocycles. The summed E-state index contributed by atoms with van der Waals surface area (Å²) in [6.07, 6.45) is 0. The van der Waals surface area contributed by atoms with Gasteiger partial charge in [0.2, 0.25) is 11.8 Å². The van der Waals surface area contributed by atoms with Gasteiger partial charge in [-0.1, -0.05) is 13.0 Å². The van der Waals surface area contributed by atoms with E-state index in [0.717, 1.165) is 0 Å². The molecule has 0 bridgehead atoms. The SMILES string of the molecule is CCN(CC(=O)Nc1cccc(OC)c1)CC(=O)Nc1ccc2c(c1)OCCO2. The van der Waals surface area contributed by atoms with Gasteiger partial charge in [-0.2, -0.15) is 0 Å². The molecule has 2 N–H and O–H groups in total. The van der Waals surface area contributed by atoms with Crippen LogP contribution >= 0.6 is 0 Å². The number of nitrogens with zero attached hydrogens (tertiary/aromatic N) is 1. The number of ether oxygens (including phenoxy) is 3. The Labute approximate surface area is 169 Å². The van der Waals surface area contributed by atoms with E-state index in [1.54, 1.807) is 54.5 Å². The zero-order valence-corrected chi connectivity index (χ0v) is 16.6. The van der Waals surface area contributed by atoms with Gasteiger partial charge in [0, 0.05) is 23.5 Å². The van der Waals surface area contributed by atoms with Crippen molar-refractivity contribution in [2.24, 2.45) is 0 Å². The number of nitrogens with one attached hydrogen (secondary N) is 2. The van der Waals surface area contributed by atoms with E-state index in [-0.39, 0.29) is 24.9 Å². The maximum atomic E-state index is 12.4. The van der Waals surface area contributed by atoms with Crippen LogP contribution in [-0.2, 0) is 9.59 Å². The Morgan fingerprint density at radius 1 is 0.966 bits per heavy atom. The van der Waals surface area contributed by atoms with Gasteiger partial charge in [0.15, 0.2) is 11.5 Å². The number of likely N-dealkylation sites (N-methyl/N-ethyl adjacent to an activating group) is 1. The lowest BCUT2D eigenvalue weighted by Crippen LogP contribution is -2.38. The van der Waals surface area contributed by atoms with E-state index in [1.165, 1.54) is 0 Å². The zero-order chi connectivity index (χ0) is 20.6. The fourth-order valence-corrected chi connectivity index (χ4v) is 2.91. The lowest BCUT2D eigenvalue weighted by molar-refractivity contribution is -0.119. The quantitative estimate of drug-likeness (QED) is 0.709. The van der Waals surface area contributed by atoms with Crippen LogP contribution in [0.25, 0.3) is 0 Å². The number of hydrogen-bond acceptors (Lipinski definition) is 6. The molecular weight excluding hydrogens is 374 g/mol. The molecule has 0 fully saturated rings. The summed E-state index contributed by atoms with van der Waals surface area (Å²) >= 11 is 0. The average Bonchev–Trinajstić information content (AvgIpc) is 2.73. The summed E-state index contributed by atoms with van der Waals surface area (Å²) < 4.78 is 16.2. The average molecular weight is 399 g/mol. The summed E-state index contributed by atoms with van der Waals surface area (Å²) in [6, 6.07) is 12.4. The maximum absolute atomic E-state index is 12.4. The van der Waals surface area contributed by atoms with Crippen LogP contribution in [0.1, 0.15) is 6.92 Å². The van der Waals surface area contributed by atoms with Gasteiger partial charge >= 0.3 is 0 Å². The number of methoxy groups -OCH3 is 1. The van der Waals surface area contributed by atoms with E-state index < -0.39 is 0 Å². The molecule has 0 radical (unpaired) electrons. The Kier molecular flexibility index (Phi) is 6.91. The van der Waals surface area contributed by atoms with E-state index in [0.29, 0.717) is 48.4 Å². The molecule has 0 aromatic heterocycles. The first-order chi connectivity index (χ1) is 14.1. The Morgan fingerprint density at radius 3 is 2.28 bits per heavy atom. The third-order valence-electron chi connectivity index (χ3n) is 4.36. The highest BCUT2D eigenvalue weighted by molar-refractivity contribution is 5.95. The van der Waals surface area contributed by atoms with Crippen molar-refractivity contribution in [3.63, 3.8) is 0 Å². The first kappa shape index (κ1) is 20.5. The molecule has 3 rings (SSSR count). The molecule has 0 saturated heterocycles. The standard InChI is InChI=1S/C21H25N3O5/c1-3-24(13-20(25)22-15-5-4-6-17(11-15)27-2)14-21(26)23-16-7-8-18-19(12-16)29-10-9-28-18/h4-8,11-12H,3,9-10,13-14H2,1-2H3,(H,22,25)(H,23,26). The van der Waals surface area contributed by atoms with Crippen molar-refractivity contribution in [1.82, 2.24) is 4.90 Å². The van der Waals surface area contributed by atoms with E-state index in [4.69, 9.17) is 14.2 Å². The maximum Gasteiger partial charge on any atom is 0.238 e. The highest BCUT2D eigenvalue weighted by Gasteiger charge is 2.16. The van der Waals surface area contributed by atoms with Crippen LogP contribution < -0.4 is 24.8 Å². The van der Waals surface area contributed by atoms with Crippen LogP contribution in [0.5, 0.6) is 17.2 Å². The molecule has 1 heterocycles. The van der Waals surface area contributed by atoms with Gasteiger partial charge in [0.25, 0.3) is 0 Å². The van der Waals surface area contributed by atoms with Crippen molar-refractivity contribution in [1.29, 1.82) is 0 Å². The number of hydrogen-bond donors (Lipinski definition) is 2. The monoisotopic (exact) mass is 399 g/mol. The zero-order valence-electron chi connectivity index (χ0n) is 16.6. The van der Waals surface area contributed by atoms with Crippen molar-refractivity contribution in [3.05, 3.63) is 42.5 Å². The highest BCUT2D eigenvalue weighted by atomic mass is 16.6. The number of amides is 2. The smallest absolute Gasteiger partial charge is 0.238 e. The number of carbonyl (C=O) groups is 2. The minimum absolute atomic E-state index is 0.0937. The Hall–Kier alpha value is -3.26. The first-order valence-electron chi connectivity index (χ1n) is 9.43. The lowest BCUT2D eigenvalue weighted by atomic mass is 10.2. The number of benzene rings is 2. The summed E-state index contributed by atoms with van der Waals surface area (Å²) in [7, 11) is 1.57. The molecular formula is C21H25N3O5. The van der Waals surface area contributed by atoms with Crippen LogP contribution in [0.4, 0.5) is 11.4 Å². The second kappa shape index (κ2) is 9.79. The van der Waals surface area contributed by atoms with E-state index in [1.807, 2.05) is 6.92 Å². The molecule has 0 atom stereocenters. The molecule has 1 aliphatic rings. The third-order valence-corrected chi connectivity index (χ3v) is 4.36. The largest absolute Gasteiger partial charge is 0.497 e. The van der Waals surface area contributed by atoms with Crippen molar-refractivity contribution < 1.29 is 23.8 Å². The lowest BCUT2D eigenvalue weighted by Gasteiger charge is -2.21. The van der Waals surface area contributed by atoms with Crippen molar-refractivity contribution in [3.8, 4) is 17.2 Å². The molecule has 2 amide bonds. The van der Waals surface area contributed by atoms with E-state index in [2.05, 4.69) is 10.6 Å². The van der Waals surface area contributed by atoms with Gasteiger partial charge in [0.1, 0.15) is 19.0 Å². The molecule has 2 aromatic rings. The minimum Gasteiger partial charge on any atom is -0.497 e. The van der Waals surface area contributed by atoms with Gasteiger partial charge < -0.3 is 24.8 Å². The van der Waals surface area contributed by atoms with Crippen molar-refractivity contribution in [2.75, 3.05) is 50.6 Å². The summed E-state index contributed by atoms with van der Waals surface area (Å²) in [4.78, 5) is 26.5. The highest BCUT2D eigenvalue weighted by Crippen LogP contribution is 2.32. The fraction of sp³-hybridized carbons (Fsp3) is 0.333. The predicted molar refractivity (Wildman–Crippen MR) is 110 cm³/mol. The second-order valence-electron chi connectivity index (χ2n) is 6.49. The summed E-state index contributed by atoms with van der Waals surface area (Å²) in [5.74, 6) is 1.52. The summed E-state index contributed by atoms with van der Waals surface area (Å²) in [5.41, 5.74) is 1.27. The Bertz CT molecular complexity index is 871. The second-order valence-corrected chi connectivity index (χ2v) is 6.49. The topological polar surface area (TPSA) is 89.1 Å². The van der Waals surface area contributed by atoms with Crippen LogP contribution in [-0.4, -0.2) is 56.7 Å². The van der Waals surface area contributed by atoms with E-state index >= 15 is 0 Å². The number of rotatable bonds is 8. The van der Waals surface area contributed by atoms with Gasteiger partial charge in [-0.3, -0.25) is 14.5 Å². The fourth-order valence-electron chi connectivity index (χ4n) is 2.91. The number of anilines is 2. The molecule has 0 unspecified atom stereocenters. The molecule has 1 aliphatic heterocycles. The van der Waals surface area contributed by atoms with Crippen molar-refractivity contribution >= 4 is 23.2 Å². The first-order valence-corrected chi connectivity index (χ1v) is 9.43. The van der Waals surface area contributed by atoms with Gasteiger partial charge in [-0.15, -0.1) is 0 Å². The number of carbonyl (C=O) groups excluding carboxylic acids is 2. The Balaban J connectivity index is 1.52. The third kappa shape index (κ3) is 5.86. The molecule has 29 heavy (non-hydrogen) atoms. The van der Waals surface area contributed by atoms with Crippen LogP contribution in [0.2, 0.25) is 0 Å². The summed E-state index contributed by atoms with van der Waals surface area (Å²) in [5, 5.41) is 5.65. The minimum atomic E-state index is -0.210. The van der Waals surface area contributed by atoms with Crippen LogP contribution in [0, 0.1) is 0 Å².